The fraction of sp³-hybridized carbons (Fsp3) is 0.467. The molecule has 0 aliphatic rings. The predicted octanol–water partition coefficient (Wildman–Crippen LogP) is 1.10. The Morgan fingerprint density at radius 1 is 1.24 bits per heavy atom. The average Bonchev–Trinajstić information content (AvgIpc) is 2.46. The van der Waals surface area contributed by atoms with Gasteiger partial charge < -0.3 is 19.9 Å². The normalized spacial score (nSPS) is 10.3. The van der Waals surface area contributed by atoms with Gasteiger partial charge in [-0.1, -0.05) is 12.1 Å². The van der Waals surface area contributed by atoms with Crippen LogP contribution in [-0.2, 0) is 20.7 Å². The zero-order valence-corrected chi connectivity index (χ0v) is 12.1. The summed E-state index contributed by atoms with van der Waals surface area (Å²) in [6.45, 7) is 2.21. The molecule has 1 rings (SSSR count). The zero-order chi connectivity index (χ0) is 15.5. The number of ether oxygens (including phenoxy) is 2. The van der Waals surface area contributed by atoms with Gasteiger partial charge in [-0.3, -0.25) is 4.79 Å². The first-order valence-electron chi connectivity index (χ1n) is 6.79. The lowest BCUT2D eigenvalue weighted by Gasteiger charge is -2.06. The largest absolute Gasteiger partial charge is 0.478 e. The van der Waals surface area contributed by atoms with Crippen LogP contribution in [0.3, 0.4) is 0 Å². The van der Waals surface area contributed by atoms with Crippen molar-refractivity contribution in [2.45, 2.75) is 12.8 Å². The predicted molar refractivity (Wildman–Crippen MR) is 77.4 cm³/mol. The molecule has 0 fully saturated rings. The van der Waals surface area contributed by atoms with E-state index < -0.39 is 5.97 Å². The Bertz CT molecular complexity index is 461. The van der Waals surface area contributed by atoms with Crippen LogP contribution in [0.1, 0.15) is 22.3 Å². The molecule has 6 heteroatoms. The molecule has 116 valence electrons. The summed E-state index contributed by atoms with van der Waals surface area (Å²) in [6, 6.07) is 6.38. The standard InChI is InChI=1S/C15H21NO5/c1-20-8-9-21-7-3-6-16-14(17)11-12-4-2-5-13(10-12)15(18)19/h2,4-5,10H,3,6-9,11H2,1H3,(H,16,17)(H,18,19). The van der Waals surface area contributed by atoms with E-state index >= 15 is 0 Å². The Morgan fingerprint density at radius 2 is 2.05 bits per heavy atom. The van der Waals surface area contributed by atoms with E-state index in [2.05, 4.69) is 5.32 Å². The summed E-state index contributed by atoms with van der Waals surface area (Å²) in [7, 11) is 1.61. The summed E-state index contributed by atoms with van der Waals surface area (Å²) >= 11 is 0. The second kappa shape index (κ2) is 9.90. The highest BCUT2D eigenvalue weighted by molar-refractivity contribution is 5.88. The van der Waals surface area contributed by atoms with Gasteiger partial charge in [0.25, 0.3) is 0 Å². The van der Waals surface area contributed by atoms with Gasteiger partial charge in [0.1, 0.15) is 0 Å². The Balaban J connectivity index is 2.21. The van der Waals surface area contributed by atoms with Gasteiger partial charge in [-0.25, -0.2) is 4.79 Å². The van der Waals surface area contributed by atoms with Crippen LogP contribution in [0.25, 0.3) is 0 Å². The molecule has 1 aromatic carbocycles. The van der Waals surface area contributed by atoms with Crippen molar-refractivity contribution in [3.8, 4) is 0 Å². The molecule has 2 N–H and O–H groups in total. The highest BCUT2D eigenvalue weighted by Crippen LogP contribution is 2.06. The number of hydrogen-bond donors (Lipinski definition) is 2. The van der Waals surface area contributed by atoms with E-state index in [4.69, 9.17) is 14.6 Å². The van der Waals surface area contributed by atoms with Crippen LogP contribution < -0.4 is 5.32 Å². The number of amides is 1. The maximum Gasteiger partial charge on any atom is 0.335 e. The second-order valence-electron chi connectivity index (χ2n) is 4.49. The highest BCUT2D eigenvalue weighted by Gasteiger charge is 2.06. The van der Waals surface area contributed by atoms with Crippen molar-refractivity contribution in [2.24, 2.45) is 0 Å². The van der Waals surface area contributed by atoms with Crippen LogP contribution in [0.15, 0.2) is 24.3 Å². The summed E-state index contributed by atoms with van der Waals surface area (Å²) in [6.07, 6.45) is 0.899. The fourth-order valence-electron chi connectivity index (χ4n) is 1.71. The van der Waals surface area contributed by atoms with Gasteiger partial charge in [-0.15, -0.1) is 0 Å². The molecule has 0 saturated heterocycles. The molecule has 1 aromatic rings. The summed E-state index contributed by atoms with van der Waals surface area (Å²) in [4.78, 5) is 22.5. The zero-order valence-electron chi connectivity index (χ0n) is 12.1. The van der Waals surface area contributed by atoms with Crippen LogP contribution in [0, 0.1) is 0 Å². The number of carboxylic acids is 1. The maximum absolute atomic E-state index is 11.7. The second-order valence-corrected chi connectivity index (χ2v) is 4.49. The highest BCUT2D eigenvalue weighted by atomic mass is 16.5. The fourth-order valence-corrected chi connectivity index (χ4v) is 1.71. The van der Waals surface area contributed by atoms with Gasteiger partial charge in [0, 0.05) is 20.3 Å². The third-order valence-corrected chi connectivity index (χ3v) is 2.76. The molecule has 0 unspecified atom stereocenters. The van der Waals surface area contributed by atoms with Crippen molar-refractivity contribution in [1.82, 2.24) is 5.32 Å². The minimum absolute atomic E-state index is 0.130. The van der Waals surface area contributed by atoms with E-state index in [0.29, 0.717) is 31.9 Å². The van der Waals surface area contributed by atoms with Crippen LogP contribution in [-0.4, -0.2) is 50.5 Å². The van der Waals surface area contributed by atoms with E-state index in [1.54, 1.807) is 19.2 Å². The van der Waals surface area contributed by atoms with Gasteiger partial charge in [-0.05, 0) is 24.1 Å². The van der Waals surface area contributed by atoms with Crippen LogP contribution in [0.2, 0.25) is 0 Å². The van der Waals surface area contributed by atoms with Crippen molar-refractivity contribution in [2.75, 3.05) is 33.5 Å². The molecule has 0 atom stereocenters. The number of methoxy groups -OCH3 is 1. The van der Waals surface area contributed by atoms with Gasteiger partial charge >= 0.3 is 5.97 Å². The first-order valence-corrected chi connectivity index (χ1v) is 6.79. The molecule has 0 saturated carbocycles. The third kappa shape index (κ3) is 7.43. The minimum Gasteiger partial charge on any atom is -0.478 e. The Hall–Kier alpha value is -1.92. The molecule has 0 aliphatic heterocycles. The lowest BCUT2D eigenvalue weighted by Crippen LogP contribution is -2.27. The Labute approximate surface area is 124 Å². The minimum atomic E-state index is -0.995. The number of nitrogens with one attached hydrogen (secondary N) is 1. The van der Waals surface area contributed by atoms with Crippen LogP contribution in [0.4, 0.5) is 0 Å². The molecule has 0 heterocycles. The van der Waals surface area contributed by atoms with Gasteiger partial charge in [-0.2, -0.15) is 0 Å². The van der Waals surface area contributed by atoms with Crippen molar-refractivity contribution in [1.29, 1.82) is 0 Å². The third-order valence-electron chi connectivity index (χ3n) is 2.76. The number of hydrogen-bond acceptors (Lipinski definition) is 4. The van der Waals surface area contributed by atoms with Gasteiger partial charge in [0.15, 0.2) is 0 Å². The topological polar surface area (TPSA) is 84.9 Å². The van der Waals surface area contributed by atoms with Crippen molar-refractivity contribution in [3.05, 3.63) is 35.4 Å². The maximum atomic E-state index is 11.7. The molecule has 0 aromatic heterocycles. The smallest absolute Gasteiger partial charge is 0.335 e. The van der Waals surface area contributed by atoms with Crippen molar-refractivity contribution >= 4 is 11.9 Å². The molecule has 0 spiro atoms. The summed E-state index contributed by atoms with van der Waals surface area (Å²) in [5.41, 5.74) is 0.871. The van der Waals surface area contributed by atoms with Gasteiger partial charge in [0.05, 0.1) is 25.2 Å². The number of carboxylic acid groups (broad SMARTS) is 1. The number of aromatic carboxylic acids is 1. The SMILES string of the molecule is COCCOCCCNC(=O)Cc1cccc(C(=O)O)c1. The number of benzene rings is 1. The average molecular weight is 295 g/mol. The lowest BCUT2D eigenvalue weighted by atomic mass is 10.1. The van der Waals surface area contributed by atoms with E-state index in [-0.39, 0.29) is 17.9 Å². The molecule has 0 bridgehead atoms. The first kappa shape index (κ1) is 17.1. The summed E-state index contributed by atoms with van der Waals surface area (Å²) in [5.74, 6) is -1.13. The Kier molecular flexibility index (Phi) is 8.08. The molecule has 0 aliphatic carbocycles. The number of rotatable bonds is 10. The van der Waals surface area contributed by atoms with Crippen LogP contribution >= 0.6 is 0 Å². The molecule has 6 nitrogen and oxygen atoms in total. The molecule has 21 heavy (non-hydrogen) atoms. The van der Waals surface area contributed by atoms with Crippen molar-refractivity contribution < 1.29 is 24.2 Å². The van der Waals surface area contributed by atoms with Crippen LogP contribution in [0.5, 0.6) is 0 Å². The molecular formula is C15H21NO5. The summed E-state index contributed by atoms with van der Waals surface area (Å²) < 4.78 is 10.1. The monoisotopic (exact) mass is 295 g/mol. The molecular weight excluding hydrogens is 274 g/mol. The molecule has 1 amide bonds. The van der Waals surface area contributed by atoms with E-state index in [9.17, 15) is 9.59 Å². The lowest BCUT2D eigenvalue weighted by molar-refractivity contribution is -0.120. The molecule has 0 radical (unpaired) electrons. The van der Waals surface area contributed by atoms with Gasteiger partial charge in [0.2, 0.25) is 5.91 Å². The van der Waals surface area contributed by atoms with E-state index in [1.807, 2.05) is 0 Å². The van der Waals surface area contributed by atoms with E-state index in [1.165, 1.54) is 12.1 Å². The number of carbonyl (C=O) groups excluding carboxylic acids is 1. The number of carbonyl (C=O) groups is 2. The summed E-state index contributed by atoms with van der Waals surface area (Å²) in [5, 5.41) is 11.7. The van der Waals surface area contributed by atoms with Crippen molar-refractivity contribution in [3.63, 3.8) is 0 Å². The first-order chi connectivity index (χ1) is 10.1. The Morgan fingerprint density at radius 3 is 2.76 bits per heavy atom. The van der Waals surface area contributed by atoms with E-state index in [0.717, 1.165) is 6.42 Å². The quantitative estimate of drug-likeness (QED) is 0.631.